The third-order valence-corrected chi connectivity index (χ3v) is 2.62. The zero-order valence-electron chi connectivity index (χ0n) is 9.42. The second-order valence-electron chi connectivity index (χ2n) is 3.54. The Balaban J connectivity index is 2.25. The van der Waals surface area contributed by atoms with Crippen molar-refractivity contribution in [3.05, 3.63) is 46.7 Å². The lowest BCUT2D eigenvalue weighted by atomic mass is 10.2. The summed E-state index contributed by atoms with van der Waals surface area (Å²) >= 11 is 5.89. The fourth-order valence-corrected chi connectivity index (χ4v) is 1.41. The summed E-state index contributed by atoms with van der Waals surface area (Å²) in [5.41, 5.74) is 0.731. The number of hydrogen-bond donors (Lipinski definition) is 1. The number of aromatic carboxylic acids is 1. The molecule has 0 aliphatic rings. The van der Waals surface area contributed by atoms with E-state index in [2.05, 4.69) is 9.97 Å². The molecule has 0 saturated carbocycles. The van der Waals surface area contributed by atoms with E-state index in [4.69, 9.17) is 21.4 Å². The number of ether oxygens (including phenoxy) is 1. The molecule has 0 amide bonds. The molecular formula is C12H9ClN2O3. The first-order valence-corrected chi connectivity index (χ1v) is 5.44. The third-order valence-electron chi connectivity index (χ3n) is 2.19. The van der Waals surface area contributed by atoms with Crippen LogP contribution < -0.4 is 4.74 Å². The van der Waals surface area contributed by atoms with Crippen molar-refractivity contribution in [3.63, 3.8) is 0 Å². The van der Waals surface area contributed by atoms with Crippen molar-refractivity contribution < 1.29 is 14.6 Å². The van der Waals surface area contributed by atoms with Crippen LogP contribution in [0, 0.1) is 6.92 Å². The Morgan fingerprint density at radius 1 is 1.39 bits per heavy atom. The smallest absolute Gasteiger partial charge is 0.354 e. The zero-order valence-corrected chi connectivity index (χ0v) is 10.2. The lowest BCUT2D eigenvalue weighted by molar-refractivity contribution is 0.0689. The molecule has 5 nitrogen and oxygen atoms in total. The monoisotopic (exact) mass is 264 g/mol. The van der Waals surface area contributed by atoms with Crippen molar-refractivity contribution in [3.8, 4) is 11.8 Å². The minimum atomic E-state index is -1.13. The molecule has 2 aromatic rings. The number of rotatable bonds is 3. The molecule has 0 aliphatic carbocycles. The average Bonchev–Trinajstić information content (AvgIpc) is 2.34. The molecular weight excluding hydrogens is 256 g/mol. The van der Waals surface area contributed by atoms with Gasteiger partial charge in [-0.1, -0.05) is 11.6 Å². The number of hydrogen-bond acceptors (Lipinski definition) is 4. The van der Waals surface area contributed by atoms with Crippen molar-refractivity contribution in [2.45, 2.75) is 6.92 Å². The minimum absolute atomic E-state index is 0.0170. The highest BCUT2D eigenvalue weighted by atomic mass is 35.5. The predicted molar refractivity (Wildman–Crippen MR) is 65.3 cm³/mol. The van der Waals surface area contributed by atoms with Crippen LogP contribution in [-0.4, -0.2) is 21.0 Å². The van der Waals surface area contributed by atoms with Crippen molar-refractivity contribution in [1.29, 1.82) is 0 Å². The highest BCUT2D eigenvalue weighted by Crippen LogP contribution is 2.23. The van der Waals surface area contributed by atoms with E-state index in [0.29, 0.717) is 10.8 Å². The normalized spacial score (nSPS) is 10.1. The number of aromatic nitrogens is 2. The molecule has 0 bridgehead atoms. The van der Waals surface area contributed by atoms with E-state index < -0.39 is 5.97 Å². The molecule has 0 radical (unpaired) electrons. The Hall–Kier alpha value is -2.14. The van der Waals surface area contributed by atoms with Gasteiger partial charge in [0.25, 0.3) is 0 Å². The summed E-state index contributed by atoms with van der Waals surface area (Å²) in [6, 6.07) is 6.34. The van der Waals surface area contributed by atoms with E-state index in [1.165, 1.54) is 12.3 Å². The quantitative estimate of drug-likeness (QED) is 0.923. The van der Waals surface area contributed by atoms with E-state index in [1.807, 2.05) is 6.92 Å². The van der Waals surface area contributed by atoms with Crippen LogP contribution in [0.3, 0.4) is 0 Å². The van der Waals surface area contributed by atoms with E-state index in [1.54, 1.807) is 18.2 Å². The van der Waals surface area contributed by atoms with Gasteiger partial charge in [0.2, 0.25) is 0 Å². The Bertz CT molecular complexity index is 602. The molecule has 1 aromatic carbocycles. The summed E-state index contributed by atoms with van der Waals surface area (Å²) in [6.07, 6.45) is 1.33. The Labute approximate surface area is 108 Å². The molecule has 0 unspecified atom stereocenters. The molecule has 18 heavy (non-hydrogen) atoms. The molecule has 1 N–H and O–H groups in total. The predicted octanol–water partition coefficient (Wildman–Crippen LogP) is 2.93. The van der Waals surface area contributed by atoms with Crippen LogP contribution in [0.25, 0.3) is 0 Å². The van der Waals surface area contributed by atoms with Crippen LogP contribution in [0.5, 0.6) is 11.8 Å². The van der Waals surface area contributed by atoms with Crippen molar-refractivity contribution in [1.82, 2.24) is 9.97 Å². The van der Waals surface area contributed by atoms with Gasteiger partial charge in [-0.25, -0.2) is 9.78 Å². The van der Waals surface area contributed by atoms with Gasteiger partial charge < -0.3 is 9.84 Å². The highest BCUT2D eigenvalue weighted by Gasteiger charge is 2.08. The lowest BCUT2D eigenvalue weighted by Gasteiger charge is -2.05. The van der Waals surface area contributed by atoms with Gasteiger partial charge in [0.1, 0.15) is 5.75 Å². The maximum Gasteiger partial charge on any atom is 0.354 e. The second kappa shape index (κ2) is 5.01. The van der Waals surface area contributed by atoms with Gasteiger partial charge in [0, 0.05) is 11.2 Å². The molecule has 6 heteroatoms. The number of aryl methyl sites for hydroxylation is 1. The van der Waals surface area contributed by atoms with Crippen LogP contribution in [-0.2, 0) is 0 Å². The topological polar surface area (TPSA) is 72.3 Å². The summed E-state index contributed by atoms with van der Waals surface area (Å²) in [5, 5.41) is 9.42. The summed E-state index contributed by atoms with van der Waals surface area (Å²) < 4.78 is 5.36. The summed E-state index contributed by atoms with van der Waals surface area (Å²) in [4.78, 5) is 18.3. The molecule has 0 fully saturated rings. The molecule has 92 valence electrons. The second-order valence-corrected chi connectivity index (χ2v) is 3.95. The molecule has 0 aliphatic heterocycles. The Kier molecular flexibility index (Phi) is 3.43. The number of carbonyl (C=O) groups is 1. The van der Waals surface area contributed by atoms with E-state index in [-0.39, 0.29) is 11.7 Å². The van der Waals surface area contributed by atoms with Gasteiger partial charge in [0.15, 0.2) is 5.69 Å². The van der Waals surface area contributed by atoms with Gasteiger partial charge in [-0.3, -0.25) is 0 Å². The molecule has 1 heterocycles. The van der Waals surface area contributed by atoms with Crippen molar-refractivity contribution >= 4 is 17.6 Å². The molecule has 1 aromatic heterocycles. The molecule has 0 saturated heterocycles. The van der Waals surface area contributed by atoms with Crippen LogP contribution in [0.15, 0.2) is 30.5 Å². The maximum atomic E-state index is 10.7. The number of benzene rings is 1. The van der Waals surface area contributed by atoms with Gasteiger partial charge in [-0.15, -0.1) is 0 Å². The number of halogens is 1. The van der Waals surface area contributed by atoms with Gasteiger partial charge in [-0.2, -0.15) is 4.98 Å². The van der Waals surface area contributed by atoms with Crippen LogP contribution in [0.2, 0.25) is 5.02 Å². The van der Waals surface area contributed by atoms with Gasteiger partial charge in [0.05, 0.1) is 0 Å². The van der Waals surface area contributed by atoms with E-state index >= 15 is 0 Å². The largest absolute Gasteiger partial charge is 0.477 e. The van der Waals surface area contributed by atoms with Gasteiger partial charge in [-0.05, 0) is 36.8 Å². The summed E-state index contributed by atoms with van der Waals surface area (Å²) in [7, 11) is 0. The first-order chi connectivity index (χ1) is 8.56. The first kappa shape index (κ1) is 12.3. The highest BCUT2D eigenvalue weighted by molar-refractivity contribution is 6.31. The van der Waals surface area contributed by atoms with Crippen LogP contribution >= 0.6 is 11.6 Å². The first-order valence-electron chi connectivity index (χ1n) is 5.06. The zero-order chi connectivity index (χ0) is 13.1. The third kappa shape index (κ3) is 2.75. The standard InChI is InChI=1S/C12H9ClN2O3/c1-7-6-8(2-3-9(7)13)18-12-14-5-4-10(15-12)11(16)17/h2-6H,1H3,(H,16,17). The minimum Gasteiger partial charge on any atom is -0.477 e. The SMILES string of the molecule is Cc1cc(Oc2nccc(C(=O)O)n2)ccc1Cl. The summed E-state index contributed by atoms with van der Waals surface area (Å²) in [6.45, 7) is 1.84. The lowest BCUT2D eigenvalue weighted by Crippen LogP contribution is -2.02. The average molecular weight is 265 g/mol. The fraction of sp³-hybridized carbons (Fsp3) is 0.0833. The van der Waals surface area contributed by atoms with Crippen LogP contribution in [0.1, 0.15) is 16.1 Å². The van der Waals surface area contributed by atoms with Crippen LogP contribution in [0.4, 0.5) is 0 Å². The Morgan fingerprint density at radius 3 is 2.83 bits per heavy atom. The van der Waals surface area contributed by atoms with E-state index in [0.717, 1.165) is 5.56 Å². The molecule has 0 atom stereocenters. The summed E-state index contributed by atoms with van der Waals surface area (Å²) in [5.74, 6) is -0.631. The fourth-order valence-electron chi connectivity index (χ4n) is 1.30. The number of carboxylic acids is 1. The molecule has 0 spiro atoms. The van der Waals surface area contributed by atoms with Crippen molar-refractivity contribution in [2.75, 3.05) is 0 Å². The number of carboxylic acid groups (broad SMARTS) is 1. The maximum absolute atomic E-state index is 10.7. The Morgan fingerprint density at radius 2 is 2.17 bits per heavy atom. The van der Waals surface area contributed by atoms with E-state index in [9.17, 15) is 4.79 Å². The van der Waals surface area contributed by atoms with Gasteiger partial charge >= 0.3 is 12.0 Å². The van der Waals surface area contributed by atoms with Crippen molar-refractivity contribution in [2.24, 2.45) is 0 Å². The molecule has 2 rings (SSSR count). The number of nitrogens with zero attached hydrogens (tertiary/aromatic N) is 2.